The Morgan fingerprint density at radius 2 is 1.80 bits per heavy atom. The van der Waals surface area contributed by atoms with Gasteiger partial charge >= 0.3 is 0 Å². The third kappa shape index (κ3) is 4.97. The van der Waals surface area contributed by atoms with Crippen LogP contribution < -0.4 is 5.32 Å². The second kappa shape index (κ2) is 8.22. The molecule has 132 valence electrons. The highest BCUT2D eigenvalue weighted by Gasteiger charge is 2.25. The molecule has 1 saturated heterocycles. The number of nitrogens with one attached hydrogen (secondary N) is 1. The Morgan fingerprint density at radius 3 is 2.44 bits per heavy atom. The van der Waals surface area contributed by atoms with Crippen LogP contribution >= 0.6 is 23.2 Å². The van der Waals surface area contributed by atoms with Crippen molar-refractivity contribution in [1.29, 1.82) is 0 Å². The average Bonchev–Trinajstić information content (AvgIpc) is 2.60. The molecule has 5 heteroatoms. The molecule has 1 aliphatic heterocycles. The summed E-state index contributed by atoms with van der Waals surface area (Å²) in [5, 5.41) is 4.38. The van der Waals surface area contributed by atoms with Gasteiger partial charge in [-0.2, -0.15) is 0 Å². The number of rotatable bonds is 4. The van der Waals surface area contributed by atoms with Crippen molar-refractivity contribution in [1.82, 2.24) is 4.90 Å². The molecule has 1 fully saturated rings. The minimum atomic E-state index is 0.0678. The number of anilines is 1. The van der Waals surface area contributed by atoms with Gasteiger partial charge in [-0.25, -0.2) is 0 Å². The second-order valence-corrected chi connectivity index (χ2v) is 7.49. The number of aryl methyl sites for hydroxylation is 1. The molecule has 3 nitrogen and oxygen atoms in total. The zero-order valence-electron chi connectivity index (χ0n) is 14.3. The molecule has 1 N–H and O–H groups in total. The van der Waals surface area contributed by atoms with Crippen LogP contribution in [-0.2, 0) is 11.3 Å². The Morgan fingerprint density at radius 1 is 1.12 bits per heavy atom. The van der Waals surface area contributed by atoms with Crippen LogP contribution in [0.4, 0.5) is 5.69 Å². The van der Waals surface area contributed by atoms with Crippen molar-refractivity contribution in [3.63, 3.8) is 0 Å². The summed E-state index contributed by atoms with van der Waals surface area (Å²) in [6.07, 6.45) is 1.73. The summed E-state index contributed by atoms with van der Waals surface area (Å²) >= 11 is 12.2. The lowest BCUT2D eigenvalue weighted by Crippen LogP contribution is -2.37. The van der Waals surface area contributed by atoms with Crippen LogP contribution in [0.25, 0.3) is 0 Å². The molecule has 2 aromatic rings. The number of hydrogen-bond donors (Lipinski definition) is 1. The van der Waals surface area contributed by atoms with Gasteiger partial charge in [-0.1, -0.05) is 47.0 Å². The van der Waals surface area contributed by atoms with Gasteiger partial charge in [0.2, 0.25) is 5.91 Å². The van der Waals surface area contributed by atoms with Crippen LogP contribution in [0.15, 0.2) is 42.5 Å². The van der Waals surface area contributed by atoms with E-state index in [1.807, 2.05) is 43.3 Å². The third-order valence-electron chi connectivity index (χ3n) is 4.69. The predicted octanol–water partition coefficient (Wildman–Crippen LogP) is 5.15. The summed E-state index contributed by atoms with van der Waals surface area (Å²) in [5.74, 6) is 0.186. The standard InChI is InChI=1S/C20H22Cl2N2O/c1-14-2-6-18(7-3-14)23-20(25)15-8-10-24(11-9-15)13-16-4-5-17(21)12-19(16)22/h2-7,12,15H,8-11,13H2,1H3,(H,23,25). The molecular formula is C20H22Cl2N2O. The van der Waals surface area contributed by atoms with E-state index in [1.165, 1.54) is 5.56 Å². The van der Waals surface area contributed by atoms with E-state index in [4.69, 9.17) is 23.2 Å². The Labute approximate surface area is 158 Å². The maximum Gasteiger partial charge on any atom is 0.227 e. The number of halogens is 2. The predicted molar refractivity (Wildman–Crippen MR) is 104 cm³/mol. The zero-order chi connectivity index (χ0) is 17.8. The highest BCUT2D eigenvalue weighted by atomic mass is 35.5. The smallest absolute Gasteiger partial charge is 0.227 e. The SMILES string of the molecule is Cc1ccc(NC(=O)C2CCN(Cc3ccc(Cl)cc3Cl)CC2)cc1. The first-order valence-electron chi connectivity index (χ1n) is 8.55. The average molecular weight is 377 g/mol. The van der Waals surface area contributed by atoms with E-state index >= 15 is 0 Å². The molecule has 0 atom stereocenters. The largest absolute Gasteiger partial charge is 0.326 e. The van der Waals surface area contributed by atoms with Gasteiger partial charge in [-0.3, -0.25) is 9.69 Å². The first-order valence-corrected chi connectivity index (χ1v) is 9.30. The molecule has 2 aromatic carbocycles. The van der Waals surface area contributed by atoms with Crippen molar-refractivity contribution in [2.75, 3.05) is 18.4 Å². The first-order chi connectivity index (χ1) is 12.0. The molecule has 1 heterocycles. The zero-order valence-corrected chi connectivity index (χ0v) is 15.8. The van der Waals surface area contributed by atoms with Gasteiger partial charge in [0.1, 0.15) is 0 Å². The lowest BCUT2D eigenvalue weighted by molar-refractivity contribution is -0.121. The van der Waals surface area contributed by atoms with Gasteiger partial charge in [0, 0.05) is 28.2 Å². The fourth-order valence-corrected chi connectivity index (χ4v) is 3.59. The van der Waals surface area contributed by atoms with Crippen LogP contribution in [0.3, 0.4) is 0 Å². The van der Waals surface area contributed by atoms with Crippen molar-refractivity contribution in [3.8, 4) is 0 Å². The minimum Gasteiger partial charge on any atom is -0.326 e. The monoisotopic (exact) mass is 376 g/mol. The fraction of sp³-hybridized carbons (Fsp3) is 0.350. The minimum absolute atomic E-state index is 0.0678. The number of hydrogen-bond acceptors (Lipinski definition) is 2. The fourth-order valence-electron chi connectivity index (χ4n) is 3.13. The van der Waals surface area contributed by atoms with Crippen molar-refractivity contribution in [2.24, 2.45) is 5.92 Å². The van der Waals surface area contributed by atoms with E-state index in [2.05, 4.69) is 10.2 Å². The van der Waals surface area contributed by atoms with Crippen molar-refractivity contribution in [3.05, 3.63) is 63.6 Å². The van der Waals surface area contributed by atoms with Gasteiger partial charge in [0.25, 0.3) is 0 Å². The topological polar surface area (TPSA) is 32.3 Å². The lowest BCUT2D eigenvalue weighted by atomic mass is 9.95. The Hall–Kier alpha value is -1.55. The quantitative estimate of drug-likeness (QED) is 0.799. The number of carbonyl (C=O) groups excluding carboxylic acids is 1. The normalized spacial score (nSPS) is 16.0. The number of likely N-dealkylation sites (tertiary alicyclic amines) is 1. The van der Waals surface area contributed by atoms with E-state index in [0.29, 0.717) is 10.0 Å². The third-order valence-corrected chi connectivity index (χ3v) is 5.27. The van der Waals surface area contributed by atoms with Gasteiger partial charge in [0.15, 0.2) is 0 Å². The van der Waals surface area contributed by atoms with E-state index in [-0.39, 0.29) is 11.8 Å². The van der Waals surface area contributed by atoms with Crippen LogP contribution in [0.2, 0.25) is 10.0 Å². The van der Waals surface area contributed by atoms with Gasteiger partial charge in [-0.05, 0) is 62.7 Å². The maximum atomic E-state index is 12.4. The van der Waals surface area contributed by atoms with E-state index < -0.39 is 0 Å². The van der Waals surface area contributed by atoms with E-state index in [1.54, 1.807) is 6.07 Å². The molecule has 0 aliphatic carbocycles. The molecule has 0 bridgehead atoms. The highest BCUT2D eigenvalue weighted by molar-refractivity contribution is 6.35. The molecule has 0 unspecified atom stereocenters. The first kappa shape index (κ1) is 18.2. The highest BCUT2D eigenvalue weighted by Crippen LogP contribution is 2.25. The molecule has 0 aromatic heterocycles. The van der Waals surface area contributed by atoms with E-state index in [0.717, 1.165) is 43.7 Å². The molecule has 1 aliphatic rings. The Kier molecular flexibility index (Phi) is 6.00. The maximum absolute atomic E-state index is 12.4. The number of nitrogens with zero attached hydrogens (tertiary/aromatic N) is 1. The summed E-state index contributed by atoms with van der Waals surface area (Å²) in [7, 11) is 0. The van der Waals surface area contributed by atoms with E-state index in [9.17, 15) is 4.79 Å². The molecule has 0 spiro atoms. The number of amides is 1. The molecule has 0 radical (unpaired) electrons. The van der Waals surface area contributed by atoms with Crippen molar-refractivity contribution in [2.45, 2.75) is 26.3 Å². The van der Waals surface area contributed by atoms with Crippen LogP contribution in [0.1, 0.15) is 24.0 Å². The number of carbonyl (C=O) groups is 1. The van der Waals surface area contributed by atoms with Crippen LogP contribution in [0.5, 0.6) is 0 Å². The van der Waals surface area contributed by atoms with Crippen LogP contribution in [0, 0.1) is 12.8 Å². The molecule has 0 saturated carbocycles. The van der Waals surface area contributed by atoms with Crippen molar-refractivity contribution < 1.29 is 4.79 Å². The summed E-state index contributed by atoms with van der Waals surface area (Å²) < 4.78 is 0. The molecular weight excluding hydrogens is 355 g/mol. The van der Waals surface area contributed by atoms with Gasteiger partial charge in [-0.15, -0.1) is 0 Å². The second-order valence-electron chi connectivity index (χ2n) is 6.64. The van der Waals surface area contributed by atoms with Crippen LogP contribution in [-0.4, -0.2) is 23.9 Å². The summed E-state index contributed by atoms with van der Waals surface area (Å²) in [5.41, 5.74) is 3.13. The lowest BCUT2D eigenvalue weighted by Gasteiger charge is -2.31. The number of benzene rings is 2. The molecule has 1 amide bonds. The summed E-state index contributed by atoms with van der Waals surface area (Å²) in [4.78, 5) is 14.8. The number of piperidine rings is 1. The molecule has 3 rings (SSSR count). The van der Waals surface area contributed by atoms with Crippen molar-refractivity contribution >= 4 is 34.8 Å². The van der Waals surface area contributed by atoms with Gasteiger partial charge in [0.05, 0.1) is 0 Å². The Balaban J connectivity index is 1.51. The van der Waals surface area contributed by atoms with Gasteiger partial charge < -0.3 is 5.32 Å². The summed E-state index contributed by atoms with van der Waals surface area (Å²) in [6.45, 7) is 4.62. The molecule has 25 heavy (non-hydrogen) atoms. The summed E-state index contributed by atoms with van der Waals surface area (Å²) in [6, 6.07) is 13.5. The Bertz CT molecular complexity index is 738.